The molecule has 1 nitrogen and oxygen atoms in total. The summed E-state index contributed by atoms with van der Waals surface area (Å²) in [4.78, 5) is 12.3. The van der Waals surface area contributed by atoms with Crippen LogP contribution in [0.4, 0.5) is 13.2 Å². The van der Waals surface area contributed by atoms with Gasteiger partial charge in [0.15, 0.2) is 5.78 Å². The molecule has 0 spiro atoms. The van der Waals surface area contributed by atoms with E-state index in [0.717, 1.165) is 24.1 Å². The predicted molar refractivity (Wildman–Crippen MR) is 78.4 cm³/mol. The number of hydrogen-bond acceptors (Lipinski definition) is 1. The predicted octanol–water partition coefficient (Wildman–Crippen LogP) is 5.26. The number of halogens is 4. The van der Waals surface area contributed by atoms with Crippen LogP contribution in [-0.4, -0.2) is 5.78 Å². The first-order valence-corrected chi connectivity index (χ1v) is 7.12. The van der Waals surface area contributed by atoms with Crippen LogP contribution in [0.3, 0.4) is 0 Å². The van der Waals surface area contributed by atoms with Crippen LogP contribution in [-0.2, 0) is 12.6 Å². The SMILES string of the molecule is CCc1ccc(C(=O)c2cc(C(F)(F)F)ccc2Br)cc1. The standard InChI is InChI=1S/C16H12BrF3O/c1-2-10-3-5-11(6-4-10)15(21)13-9-12(16(18,19)20)7-8-14(13)17/h3-9H,2H2,1H3. The molecule has 0 aliphatic carbocycles. The van der Waals surface area contributed by atoms with Crippen molar-refractivity contribution >= 4 is 21.7 Å². The van der Waals surface area contributed by atoms with Crippen molar-refractivity contribution in [2.45, 2.75) is 19.5 Å². The highest BCUT2D eigenvalue weighted by Crippen LogP contribution is 2.32. The molecule has 2 rings (SSSR count). The molecule has 0 N–H and O–H groups in total. The Kier molecular flexibility index (Phi) is 4.52. The van der Waals surface area contributed by atoms with Gasteiger partial charge in [-0.05, 0) is 30.2 Å². The van der Waals surface area contributed by atoms with Crippen molar-refractivity contribution < 1.29 is 18.0 Å². The maximum absolute atomic E-state index is 12.7. The maximum Gasteiger partial charge on any atom is 0.416 e. The lowest BCUT2D eigenvalue weighted by atomic mass is 10.00. The van der Waals surface area contributed by atoms with Gasteiger partial charge in [-0.15, -0.1) is 0 Å². The van der Waals surface area contributed by atoms with Gasteiger partial charge in [0.1, 0.15) is 0 Å². The Morgan fingerprint density at radius 1 is 1.10 bits per heavy atom. The number of aryl methyl sites for hydroxylation is 1. The first kappa shape index (κ1) is 15.8. The average Bonchev–Trinajstić information content (AvgIpc) is 2.46. The lowest BCUT2D eigenvalue weighted by Crippen LogP contribution is -2.09. The third-order valence-electron chi connectivity index (χ3n) is 3.16. The molecule has 0 aliphatic rings. The Balaban J connectivity index is 2.42. The summed E-state index contributed by atoms with van der Waals surface area (Å²) in [6.07, 6.45) is -3.64. The second kappa shape index (κ2) is 6.02. The summed E-state index contributed by atoms with van der Waals surface area (Å²) in [7, 11) is 0. The number of ketones is 1. The van der Waals surface area contributed by atoms with Gasteiger partial charge in [-0.25, -0.2) is 0 Å². The summed E-state index contributed by atoms with van der Waals surface area (Å²) in [5.41, 5.74) is 0.607. The molecule has 0 amide bonds. The zero-order valence-corrected chi connectivity index (χ0v) is 12.8. The number of alkyl halides is 3. The second-order valence-corrected chi connectivity index (χ2v) is 5.43. The van der Waals surface area contributed by atoms with Gasteiger partial charge in [-0.3, -0.25) is 4.79 Å². The van der Waals surface area contributed by atoms with Crippen LogP contribution >= 0.6 is 15.9 Å². The third kappa shape index (κ3) is 3.53. The smallest absolute Gasteiger partial charge is 0.289 e. The lowest BCUT2D eigenvalue weighted by molar-refractivity contribution is -0.137. The summed E-state index contributed by atoms with van der Waals surface area (Å²) in [6.45, 7) is 1.99. The normalized spacial score (nSPS) is 11.5. The van der Waals surface area contributed by atoms with E-state index < -0.39 is 17.5 Å². The van der Waals surface area contributed by atoms with Crippen LogP contribution in [0.2, 0.25) is 0 Å². The molecule has 2 aromatic carbocycles. The van der Waals surface area contributed by atoms with Gasteiger partial charge in [0.2, 0.25) is 0 Å². The quantitative estimate of drug-likeness (QED) is 0.685. The minimum Gasteiger partial charge on any atom is -0.289 e. The Morgan fingerprint density at radius 3 is 2.24 bits per heavy atom. The van der Waals surface area contributed by atoms with Crippen LogP contribution in [0.15, 0.2) is 46.9 Å². The van der Waals surface area contributed by atoms with E-state index in [4.69, 9.17) is 0 Å². The molecule has 21 heavy (non-hydrogen) atoms. The number of hydrogen-bond donors (Lipinski definition) is 0. The van der Waals surface area contributed by atoms with Crippen molar-refractivity contribution in [3.63, 3.8) is 0 Å². The van der Waals surface area contributed by atoms with Crippen LogP contribution in [0.1, 0.15) is 34.0 Å². The van der Waals surface area contributed by atoms with Crippen LogP contribution < -0.4 is 0 Å². The van der Waals surface area contributed by atoms with Crippen molar-refractivity contribution in [3.05, 3.63) is 69.2 Å². The summed E-state index contributed by atoms with van der Waals surface area (Å²) in [6, 6.07) is 9.93. The molecule has 0 saturated carbocycles. The molecule has 110 valence electrons. The highest BCUT2D eigenvalue weighted by Gasteiger charge is 2.31. The van der Waals surface area contributed by atoms with Gasteiger partial charge < -0.3 is 0 Å². The van der Waals surface area contributed by atoms with E-state index in [2.05, 4.69) is 15.9 Å². The minimum atomic E-state index is -4.47. The fourth-order valence-corrected chi connectivity index (χ4v) is 2.35. The van der Waals surface area contributed by atoms with Gasteiger partial charge in [-0.1, -0.05) is 47.1 Å². The van der Waals surface area contributed by atoms with Gasteiger partial charge in [-0.2, -0.15) is 13.2 Å². The molecule has 0 fully saturated rings. The topological polar surface area (TPSA) is 17.1 Å². The molecule has 0 bridgehead atoms. The zero-order valence-electron chi connectivity index (χ0n) is 11.2. The van der Waals surface area contributed by atoms with Gasteiger partial charge in [0, 0.05) is 15.6 Å². The molecule has 0 radical (unpaired) electrons. The highest BCUT2D eigenvalue weighted by atomic mass is 79.9. The van der Waals surface area contributed by atoms with Crippen molar-refractivity contribution in [2.75, 3.05) is 0 Å². The molecular formula is C16H12BrF3O. The van der Waals surface area contributed by atoms with E-state index in [1.165, 1.54) is 6.07 Å². The molecule has 2 aromatic rings. The minimum absolute atomic E-state index is 0.00840. The van der Waals surface area contributed by atoms with E-state index >= 15 is 0 Å². The summed E-state index contributed by atoms with van der Waals surface area (Å²) < 4.78 is 38.6. The Bertz CT molecular complexity index is 660. The lowest BCUT2D eigenvalue weighted by Gasteiger charge is -2.10. The second-order valence-electron chi connectivity index (χ2n) is 4.57. The summed E-state index contributed by atoms with van der Waals surface area (Å²) in [5.74, 6) is -0.435. The molecule has 0 unspecified atom stereocenters. The Labute approximate surface area is 128 Å². The average molecular weight is 357 g/mol. The van der Waals surface area contributed by atoms with Crippen LogP contribution in [0.5, 0.6) is 0 Å². The van der Waals surface area contributed by atoms with E-state index in [9.17, 15) is 18.0 Å². The Morgan fingerprint density at radius 2 is 1.71 bits per heavy atom. The van der Waals surface area contributed by atoms with Crippen molar-refractivity contribution in [3.8, 4) is 0 Å². The number of benzene rings is 2. The van der Waals surface area contributed by atoms with Gasteiger partial charge in [0.25, 0.3) is 0 Å². The fourth-order valence-electron chi connectivity index (χ4n) is 1.92. The van der Waals surface area contributed by atoms with Crippen molar-refractivity contribution in [1.82, 2.24) is 0 Å². The monoisotopic (exact) mass is 356 g/mol. The fraction of sp³-hybridized carbons (Fsp3) is 0.188. The van der Waals surface area contributed by atoms with E-state index in [1.54, 1.807) is 24.3 Å². The molecule has 0 aliphatic heterocycles. The number of carbonyl (C=O) groups excluding carboxylic acids is 1. The molecule has 0 saturated heterocycles. The van der Waals surface area contributed by atoms with Crippen molar-refractivity contribution in [1.29, 1.82) is 0 Å². The molecule has 5 heteroatoms. The number of carbonyl (C=O) groups is 1. The summed E-state index contributed by atoms with van der Waals surface area (Å²) in [5, 5.41) is 0. The van der Waals surface area contributed by atoms with Crippen LogP contribution in [0, 0.1) is 0 Å². The molecule has 0 atom stereocenters. The van der Waals surface area contributed by atoms with Crippen LogP contribution in [0.25, 0.3) is 0 Å². The van der Waals surface area contributed by atoms with E-state index in [0.29, 0.717) is 10.0 Å². The number of rotatable bonds is 3. The van der Waals surface area contributed by atoms with E-state index in [-0.39, 0.29) is 5.56 Å². The maximum atomic E-state index is 12.7. The molecule has 0 aromatic heterocycles. The highest BCUT2D eigenvalue weighted by molar-refractivity contribution is 9.10. The third-order valence-corrected chi connectivity index (χ3v) is 3.85. The first-order chi connectivity index (χ1) is 9.82. The van der Waals surface area contributed by atoms with Gasteiger partial charge in [0.05, 0.1) is 5.56 Å². The first-order valence-electron chi connectivity index (χ1n) is 6.33. The molecular weight excluding hydrogens is 345 g/mol. The van der Waals surface area contributed by atoms with E-state index in [1.807, 2.05) is 6.92 Å². The molecule has 0 heterocycles. The zero-order chi connectivity index (χ0) is 15.6. The summed E-state index contributed by atoms with van der Waals surface area (Å²) >= 11 is 3.14. The van der Waals surface area contributed by atoms with Crippen molar-refractivity contribution in [2.24, 2.45) is 0 Å². The largest absolute Gasteiger partial charge is 0.416 e. The Hall–Kier alpha value is -1.62. The van der Waals surface area contributed by atoms with Gasteiger partial charge >= 0.3 is 6.18 Å².